The lowest BCUT2D eigenvalue weighted by molar-refractivity contribution is -0.144. The van der Waals surface area contributed by atoms with Gasteiger partial charge in [0.1, 0.15) is 13.3 Å². The van der Waals surface area contributed by atoms with Gasteiger partial charge < -0.3 is 14.3 Å². The van der Waals surface area contributed by atoms with Crippen LogP contribution in [0.3, 0.4) is 0 Å². The lowest BCUT2D eigenvalue weighted by atomic mass is 9.99. The van der Waals surface area contributed by atoms with Crippen molar-refractivity contribution in [1.29, 1.82) is 0 Å². The highest BCUT2D eigenvalue weighted by atomic mass is 19.1. The number of benzene rings is 1. The summed E-state index contributed by atoms with van der Waals surface area (Å²) in [5.41, 5.74) is 10.8. The molecule has 0 N–H and O–H groups in total. The van der Waals surface area contributed by atoms with Crippen molar-refractivity contribution >= 4 is 11.7 Å². The first-order chi connectivity index (χ1) is 12.1. The highest BCUT2D eigenvalue weighted by Gasteiger charge is 2.25. The number of carbonyl (C=O) groups is 1. The van der Waals surface area contributed by atoms with Crippen LogP contribution < -0.4 is 0 Å². The van der Waals surface area contributed by atoms with E-state index in [4.69, 9.17) is 19.8 Å². The molecule has 0 unspecified atom stereocenters. The zero-order valence-corrected chi connectivity index (χ0v) is 14.0. The molecule has 0 fully saturated rings. The van der Waals surface area contributed by atoms with Crippen LogP contribution in [-0.4, -0.2) is 44.2 Å². The van der Waals surface area contributed by atoms with Crippen LogP contribution >= 0.6 is 0 Å². The van der Waals surface area contributed by atoms with Crippen molar-refractivity contribution in [2.45, 2.75) is 31.6 Å². The molecule has 1 heterocycles. The summed E-state index contributed by atoms with van der Waals surface area (Å²) in [6, 6.07) is 6.22. The van der Waals surface area contributed by atoms with Crippen LogP contribution in [0.5, 0.6) is 0 Å². The van der Waals surface area contributed by atoms with E-state index in [1.165, 1.54) is 14.0 Å². The summed E-state index contributed by atoms with van der Waals surface area (Å²) >= 11 is 0. The molecule has 1 aromatic rings. The summed E-state index contributed by atoms with van der Waals surface area (Å²) < 4.78 is 23.2. The molecule has 1 aromatic carbocycles. The molecule has 0 radical (unpaired) electrons. The van der Waals surface area contributed by atoms with Gasteiger partial charge in [-0.1, -0.05) is 34.5 Å². The predicted molar refractivity (Wildman–Crippen MR) is 87.8 cm³/mol. The van der Waals surface area contributed by atoms with Gasteiger partial charge in [0.25, 0.3) is 0 Å². The number of alkyl halides is 1. The molecule has 0 spiro atoms. The van der Waals surface area contributed by atoms with E-state index in [0.717, 1.165) is 11.3 Å². The van der Waals surface area contributed by atoms with E-state index in [9.17, 15) is 9.18 Å². The van der Waals surface area contributed by atoms with Gasteiger partial charge in [-0.15, -0.1) is 0 Å². The molecule has 1 aliphatic heterocycles. The van der Waals surface area contributed by atoms with Crippen molar-refractivity contribution in [2.75, 3.05) is 20.4 Å². The second-order valence-corrected chi connectivity index (χ2v) is 5.48. The SMILES string of the molecule is CO[C@H](c1ccc(C2=NO[C@H](COC(C)=O)C2)cc1)[C@@H](CF)N=[N+]=[N-]. The first kappa shape index (κ1) is 18.7. The van der Waals surface area contributed by atoms with E-state index in [-0.39, 0.29) is 18.7 Å². The Morgan fingerprint density at radius 1 is 1.52 bits per heavy atom. The van der Waals surface area contributed by atoms with Gasteiger partial charge in [-0.3, -0.25) is 9.18 Å². The maximum atomic E-state index is 13.0. The third-order valence-electron chi connectivity index (χ3n) is 3.74. The smallest absolute Gasteiger partial charge is 0.302 e. The molecule has 8 nitrogen and oxygen atoms in total. The second-order valence-electron chi connectivity index (χ2n) is 5.48. The number of hydrogen-bond acceptors (Lipinski definition) is 6. The fourth-order valence-corrected chi connectivity index (χ4v) is 2.52. The van der Waals surface area contributed by atoms with Crippen LogP contribution in [-0.2, 0) is 19.1 Å². The Kier molecular flexibility index (Phi) is 6.73. The molecule has 9 heteroatoms. The molecule has 0 saturated heterocycles. The van der Waals surface area contributed by atoms with E-state index in [1.807, 2.05) is 12.1 Å². The molecule has 2 rings (SSSR count). The van der Waals surface area contributed by atoms with Crippen molar-refractivity contribution in [2.24, 2.45) is 10.3 Å². The standard InChI is InChI=1S/C16H19FN4O4/c1-10(22)24-9-13-7-14(20-25-13)11-3-5-12(6-4-11)16(23-2)15(8-17)19-21-18/h3-6,13,15-16H,7-9H2,1-2H3/t13-,15+,16+/m0/s1. The topological polar surface area (TPSA) is 106 Å². The second kappa shape index (κ2) is 9.00. The van der Waals surface area contributed by atoms with E-state index >= 15 is 0 Å². The average molecular weight is 350 g/mol. The molecule has 0 aliphatic carbocycles. The number of nitrogens with zero attached hydrogens (tertiary/aromatic N) is 4. The minimum absolute atomic E-state index is 0.149. The van der Waals surface area contributed by atoms with Gasteiger partial charge >= 0.3 is 5.97 Å². The average Bonchev–Trinajstić information content (AvgIpc) is 3.09. The first-order valence-corrected chi connectivity index (χ1v) is 7.68. The summed E-state index contributed by atoms with van der Waals surface area (Å²) in [7, 11) is 1.43. The number of halogens is 1. The molecular weight excluding hydrogens is 331 g/mol. The number of azide groups is 1. The number of esters is 1. The summed E-state index contributed by atoms with van der Waals surface area (Å²) in [6.07, 6.45) is -0.453. The number of methoxy groups -OCH3 is 1. The zero-order chi connectivity index (χ0) is 18.2. The molecule has 0 amide bonds. The van der Waals surface area contributed by atoms with Crippen molar-refractivity contribution in [1.82, 2.24) is 0 Å². The lowest BCUT2D eigenvalue weighted by Gasteiger charge is -2.20. The predicted octanol–water partition coefficient (Wildman–Crippen LogP) is 3.08. The minimum Gasteiger partial charge on any atom is -0.462 e. The zero-order valence-electron chi connectivity index (χ0n) is 14.0. The molecule has 1 aliphatic rings. The summed E-state index contributed by atoms with van der Waals surface area (Å²) in [6.45, 7) is 0.669. The number of carbonyl (C=O) groups excluding carboxylic acids is 1. The third-order valence-corrected chi connectivity index (χ3v) is 3.74. The molecular formula is C16H19FN4O4. The summed E-state index contributed by atoms with van der Waals surface area (Å²) in [4.78, 5) is 18.7. The number of ether oxygens (including phenoxy) is 2. The Morgan fingerprint density at radius 2 is 2.24 bits per heavy atom. The van der Waals surface area contributed by atoms with Gasteiger partial charge in [-0.05, 0) is 16.7 Å². The maximum absolute atomic E-state index is 13.0. The quantitative estimate of drug-likeness (QED) is 0.311. The van der Waals surface area contributed by atoms with Gasteiger partial charge in [-0.25, -0.2) is 0 Å². The van der Waals surface area contributed by atoms with Crippen LogP contribution in [0.1, 0.15) is 30.6 Å². The van der Waals surface area contributed by atoms with Crippen molar-refractivity contribution in [3.63, 3.8) is 0 Å². The lowest BCUT2D eigenvalue weighted by Crippen LogP contribution is -2.20. The van der Waals surface area contributed by atoms with Gasteiger partial charge in [0.15, 0.2) is 6.10 Å². The van der Waals surface area contributed by atoms with Gasteiger partial charge in [0.05, 0.1) is 17.9 Å². The number of rotatable bonds is 8. The van der Waals surface area contributed by atoms with E-state index in [2.05, 4.69) is 15.2 Å². The summed E-state index contributed by atoms with van der Waals surface area (Å²) in [5, 5.41) is 7.44. The molecule has 0 bridgehead atoms. The van der Waals surface area contributed by atoms with Gasteiger partial charge in [0.2, 0.25) is 0 Å². The Morgan fingerprint density at radius 3 is 2.80 bits per heavy atom. The summed E-state index contributed by atoms with van der Waals surface area (Å²) in [5.74, 6) is -0.366. The van der Waals surface area contributed by atoms with E-state index in [0.29, 0.717) is 12.0 Å². The molecule has 0 aromatic heterocycles. The molecule has 25 heavy (non-hydrogen) atoms. The Hall–Kier alpha value is -2.64. The van der Waals surface area contributed by atoms with Crippen LogP contribution in [0.4, 0.5) is 4.39 Å². The van der Waals surface area contributed by atoms with Crippen LogP contribution in [0.15, 0.2) is 34.5 Å². The van der Waals surface area contributed by atoms with Crippen LogP contribution in [0.25, 0.3) is 10.4 Å². The fourth-order valence-electron chi connectivity index (χ4n) is 2.52. The largest absolute Gasteiger partial charge is 0.462 e. The van der Waals surface area contributed by atoms with Crippen LogP contribution in [0.2, 0.25) is 0 Å². The fraction of sp³-hybridized carbons (Fsp3) is 0.500. The van der Waals surface area contributed by atoms with Crippen molar-refractivity contribution in [3.05, 3.63) is 45.8 Å². The minimum atomic E-state index is -0.930. The first-order valence-electron chi connectivity index (χ1n) is 7.68. The van der Waals surface area contributed by atoms with E-state index in [1.54, 1.807) is 12.1 Å². The Labute approximate surface area is 144 Å². The maximum Gasteiger partial charge on any atom is 0.302 e. The van der Waals surface area contributed by atoms with E-state index < -0.39 is 18.8 Å². The molecule has 3 atom stereocenters. The highest BCUT2D eigenvalue weighted by Crippen LogP contribution is 2.25. The monoisotopic (exact) mass is 350 g/mol. The Balaban J connectivity index is 2.04. The van der Waals surface area contributed by atoms with Gasteiger partial charge in [0, 0.05) is 25.4 Å². The van der Waals surface area contributed by atoms with Crippen molar-refractivity contribution in [3.8, 4) is 0 Å². The van der Waals surface area contributed by atoms with Crippen LogP contribution in [0, 0.1) is 0 Å². The number of oxime groups is 1. The Bertz CT molecular complexity index is 673. The normalized spacial score (nSPS) is 18.5. The van der Waals surface area contributed by atoms with Gasteiger partial charge in [-0.2, -0.15) is 0 Å². The highest BCUT2D eigenvalue weighted by molar-refractivity contribution is 6.01. The van der Waals surface area contributed by atoms with Crippen molar-refractivity contribution < 1.29 is 23.5 Å². The molecule has 134 valence electrons. The molecule has 0 saturated carbocycles. The third kappa shape index (κ3) is 4.91. The number of hydrogen-bond donors (Lipinski definition) is 0.